The molecule has 3 unspecified atom stereocenters. The zero-order valence-corrected chi connectivity index (χ0v) is 14.6. The van der Waals surface area contributed by atoms with Crippen molar-refractivity contribution in [2.24, 2.45) is 5.92 Å². The number of hydrogen-bond acceptors (Lipinski definition) is 4. The molecular weight excluding hydrogens is 302 g/mol. The normalized spacial score (nSPS) is 39.5. The second-order valence-electron chi connectivity index (χ2n) is 8.00. The number of hydrogen-bond donors (Lipinski definition) is 1. The molecule has 2 aliphatic heterocycles. The van der Waals surface area contributed by atoms with Gasteiger partial charge < -0.3 is 19.5 Å². The fourth-order valence-corrected chi connectivity index (χ4v) is 6.27. The maximum absolute atomic E-state index is 9.82. The van der Waals surface area contributed by atoms with Crippen LogP contribution in [0.5, 0.6) is 5.75 Å². The fraction of sp³-hybridized carbons (Fsp3) is 0.700. The molecule has 24 heavy (non-hydrogen) atoms. The van der Waals surface area contributed by atoms with E-state index >= 15 is 0 Å². The van der Waals surface area contributed by atoms with Crippen molar-refractivity contribution < 1.29 is 14.6 Å². The Morgan fingerprint density at radius 1 is 1.38 bits per heavy atom. The molecule has 130 valence electrons. The lowest BCUT2D eigenvalue weighted by Gasteiger charge is -2.58. The number of piperidine rings is 1. The Morgan fingerprint density at radius 2 is 2.25 bits per heavy atom. The van der Waals surface area contributed by atoms with Crippen LogP contribution in [0.3, 0.4) is 0 Å². The number of rotatable bonds is 3. The van der Waals surface area contributed by atoms with Gasteiger partial charge >= 0.3 is 0 Å². The SMILES string of the molecule is CCO[C@H]1CCC2C3Cc4ccc(CO)c5c4[C@@]2(CCN3C)C1O5. The first-order valence-electron chi connectivity index (χ1n) is 9.45. The average Bonchev–Trinajstić information content (AvgIpc) is 2.94. The second kappa shape index (κ2) is 5.20. The van der Waals surface area contributed by atoms with Gasteiger partial charge in [0.05, 0.1) is 12.7 Å². The largest absolute Gasteiger partial charge is 0.486 e. The van der Waals surface area contributed by atoms with Crippen LogP contribution in [-0.4, -0.2) is 48.5 Å². The molecule has 2 heterocycles. The highest BCUT2D eigenvalue weighted by atomic mass is 16.5. The Kier molecular flexibility index (Phi) is 3.29. The highest BCUT2D eigenvalue weighted by Gasteiger charge is 2.65. The summed E-state index contributed by atoms with van der Waals surface area (Å²) in [6.07, 6.45) is 4.88. The first kappa shape index (κ1) is 15.2. The molecule has 0 amide bonds. The maximum Gasteiger partial charge on any atom is 0.135 e. The van der Waals surface area contributed by atoms with Crippen LogP contribution in [0.4, 0.5) is 0 Å². The standard InChI is InChI=1S/C20H27NO3/c1-3-23-16-7-6-14-15-10-12-4-5-13(11-22)18-17(12)20(14,19(16)24-18)8-9-21(15)2/h4-5,14-16,19,22H,3,6-11H2,1-2H3/t14?,15?,16-,19?,20-/m0/s1. The first-order chi connectivity index (χ1) is 11.7. The predicted molar refractivity (Wildman–Crippen MR) is 91.3 cm³/mol. The minimum absolute atomic E-state index is 0.0543. The van der Waals surface area contributed by atoms with Crippen molar-refractivity contribution in [3.8, 4) is 5.75 Å². The Balaban J connectivity index is 1.73. The summed E-state index contributed by atoms with van der Waals surface area (Å²) in [5.41, 5.74) is 3.92. The number of aliphatic hydroxyl groups excluding tert-OH is 1. The predicted octanol–water partition coefficient (Wildman–Crippen LogP) is 2.25. The van der Waals surface area contributed by atoms with Crippen LogP contribution in [0.2, 0.25) is 0 Å². The van der Waals surface area contributed by atoms with E-state index in [2.05, 4.69) is 31.0 Å². The second-order valence-corrected chi connectivity index (χ2v) is 8.00. The van der Waals surface area contributed by atoms with Crippen molar-refractivity contribution in [3.63, 3.8) is 0 Å². The number of nitrogens with zero attached hydrogens (tertiary/aromatic N) is 1. The van der Waals surface area contributed by atoms with Crippen LogP contribution < -0.4 is 4.74 Å². The van der Waals surface area contributed by atoms with Gasteiger partial charge in [-0.15, -0.1) is 0 Å². The van der Waals surface area contributed by atoms with Crippen LogP contribution in [-0.2, 0) is 23.2 Å². The fourth-order valence-electron chi connectivity index (χ4n) is 6.27. The molecule has 1 N–H and O–H groups in total. The number of aliphatic hydroxyl groups is 1. The molecule has 1 aromatic carbocycles. The molecule has 5 atom stereocenters. The first-order valence-corrected chi connectivity index (χ1v) is 9.45. The van der Waals surface area contributed by atoms with Crippen LogP contribution in [0.1, 0.15) is 42.9 Å². The Morgan fingerprint density at radius 3 is 3.04 bits per heavy atom. The van der Waals surface area contributed by atoms with Gasteiger partial charge in [0.15, 0.2) is 0 Å². The zero-order chi connectivity index (χ0) is 16.5. The van der Waals surface area contributed by atoms with Gasteiger partial charge in [-0.25, -0.2) is 0 Å². The van der Waals surface area contributed by atoms with E-state index in [9.17, 15) is 5.11 Å². The van der Waals surface area contributed by atoms with Crippen molar-refractivity contribution in [1.82, 2.24) is 4.90 Å². The van der Waals surface area contributed by atoms with E-state index in [1.54, 1.807) is 0 Å². The lowest BCUT2D eigenvalue weighted by atomic mass is 9.51. The molecule has 4 heteroatoms. The van der Waals surface area contributed by atoms with Crippen molar-refractivity contribution in [3.05, 3.63) is 28.8 Å². The summed E-state index contributed by atoms with van der Waals surface area (Å²) >= 11 is 0. The van der Waals surface area contributed by atoms with Crippen molar-refractivity contribution in [2.75, 3.05) is 20.2 Å². The summed E-state index contributed by atoms with van der Waals surface area (Å²) in [6.45, 7) is 4.00. The monoisotopic (exact) mass is 329 g/mol. The highest BCUT2D eigenvalue weighted by Crippen LogP contribution is 2.62. The van der Waals surface area contributed by atoms with E-state index in [1.165, 1.54) is 17.5 Å². The minimum atomic E-state index is 0.0543. The Hall–Kier alpha value is -1.10. The van der Waals surface area contributed by atoms with Crippen LogP contribution >= 0.6 is 0 Å². The molecule has 5 rings (SSSR count). The third-order valence-electron chi connectivity index (χ3n) is 7.19. The van der Waals surface area contributed by atoms with Gasteiger partial charge in [0.1, 0.15) is 11.9 Å². The summed E-state index contributed by atoms with van der Waals surface area (Å²) in [5.74, 6) is 1.64. The molecule has 4 nitrogen and oxygen atoms in total. The lowest BCUT2D eigenvalue weighted by molar-refractivity contribution is -0.120. The average molecular weight is 329 g/mol. The van der Waals surface area contributed by atoms with E-state index in [1.807, 2.05) is 0 Å². The summed E-state index contributed by atoms with van der Waals surface area (Å²) in [7, 11) is 2.28. The lowest BCUT2D eigenvalue weighted by Crippen LogP contribution is -2.66. The van der Waals surface area contributed by atoms with Crippen LogP contribution in [0.15, 0.2) is 12.1 Å². The molecular formula is C20H27NO3. The number of benzene rings is 1. The van der Waals surface area contributed by atoms with E-state index in [4.69, 9.17) is 9.47 Å². The topological polar surface area (TPSA) is 41.9 Å². The van der Waals surface area contributed by atoms with Crippen LogP contribution in [0, 0.1) is 5.92 Å². The van der Waals surface area contributed by atoms with Gasteiger partial charge in [-0.05, 0) is 57.7 Å². The zero-order valence-electron chi connectivity index (χ0n) is 14.6. The summed E-state index contributed by atoms with van der Waals surface area (Å²) < 4.78 is 12.7. The summed E-state index contributed by atoms with van der Waals surface area (Å²) in [4.78, 5) is 2.56. The number of likely N-dealkylation sites (N-methyl/N-ethyl adjacent to an activating group) is 1. The number of likely N-dealkylation sites (tertiary alicyclic amines) is 1. The summed E-state index contributed by atoms with van der Waals surface area (Å²) in [6, 6.07) is 4.92. The molecule has 0 radical (unpaired) electrons. The molecule has 2 fully saturated rings. The van der Waals surface area contributed by atoms with Crippen molar-refractivity contribution >= 4 is 0 Å². The van der Waals surface area contributed by atoms with Crippen LogP contribution in [0.25, 0.3) is 0 Å². The molecule has 4 aliphatic rings. The van der Waals surface area contributed by atoms with Crippen molar-refractivity contribution in [2.45, 2.75) is 62.9 Å². The highest BCUT2D eigenvalue weighted by molar-refractivity contribution is 5.58. The van der Waals surface area contributed by atoms with E-state index in [-0.39, 0.29) is 24.2 Å². The molecule has 2 bridgehead atoms. The van der Waals surface area contributed by atoms with Crippen molar-refractivity contribution in [1.29, 1.82) is 0 Å². The minimum Gasteiger partial charge on any atom is -0.486 e. The third kappa shape index (κ3) is 1.69. The molecule has 0 aromatic heterocycles. The molecule has 1 aromatic rings. The molecule has 1 saturated heterocycles. The van der Waals surface area contributed by atoms with Gasteiger partial charge in [0.25, 0.3) is 0 Å². The Labute approximate surface area is 143 Å². The third-order valence-corrected chi connectivity index (χ3v) is 7.19. The van der Waals surface area contributed by atoms with Gasteiger partial charge in [-0.2, -0.15) is 0 Å². The summed E-state index contributed by atoms with van der Waals surface area (Å²) in [5, 5.41) is 9.82. The van der Waals surface area contributed by atoms with E-state index < -0.39 is 0 Å². The van der Waals surface area contributed by atoms with E-state index in [0.29, 0.717) is 12.0 Å². The van der Waals surface area contributed by atoms with Gasteiger partial charge in [0, 0.05) is 29.2 Å². The number of ether oxygens (including phenoxy) is 2. The maximum atomic E-state index is 9.82. The van der Waals surface area contributed by atoms with Gasteiger partial charge in [-0.1, -0.05) is 12.1 Å². The quantitative estimate of drug-likeness (QED) is 0.924. The van der Waals surface area contributed by atoms with Gasteiger partial charge in [0.2, 0.25) is 0 Å². The van der Waals surface area contributed by atoms with E-state index in [0.717, 1.165) is 43.7 Å². The molecule has 1 saturated carbocycles. The molecule has 1 spiro atoms. The Bertz CT molecular complexity index is 675. The smallest absolute Gasteiger partial charge is 0.135 e. The molecule has 2 aliphatic carbocycles. The van der Waals surface area contributed by atoms with Gasteiger partial charge in [-0.3, -0.25) is 0 Å².